The number of nitrogens with two attached hydrogens (primary N) is 1. The van der Waals surface area contributed by atoms with E-state index < -0.39 is 7.82 Å². The second kappa shape index (κ2) is 17.7. The van der Waals surface area contributed by atoms with Gasteiger partial charge in [-0.15, -0.1) is 0 Å². The van der Waals surface area contributed by atoms with E-state index in [-0.39, 0.29) is 13.2 Å². The van der Waals surface area contributed by atoms with Gasteiger partial charge in [-0.25, -0.2) is 4.57 Å². The van der Waals surface area contributed by atoms with Crippen LogP contribution in [0, 0.1) is 0 Å². The highest BCUT2D eigenvalue weighted by molar-refractivity contribution is 7.47. The van der Waals surface area contributed by atoms with E-state index in [0.29, 0.717) is 66.0 Å². The number of hydrogen-bond donors (Lipinski definition) is 2. The highest BCUT2D eigenvalue weighted by Crippen LogP contribution is 2.41. The predicted octanol–water partition coefficient (Wildman–Crippen LogP) is -0.208. The monoisotopic (exact) mass is 375 g/mol. The molecule has 0 amide bonds. The number of hydrogen-bond acceptors (Lipinski definition) is 9. The maximum absolute atomic E-state index is 10.9. The lowest BCUT2D eigenvalue weighted by molar-refractivity contribution is -0.0129. The van der Waals surface area contributed by atoms with Crippen LogP contribution < -0.4 is 5.73 Å². The predicted molar refractivity (Wildman–Crippen MR) is 85.9 cm³/mol. The minimum atomic E-state index is -3.91. The van der Waals surface area contributed by atoms with Crippen molar-refractivity contribution in [3.05, 3.63) is 0 Å². The van der Waals surface area contributed by atoms with Crippen molar-refractivity contribution in [2.45, 2.75) is 0 Å². The normalized spacial score (nSPS) is 14.0. The Balaban J connectivity index is 3.06. The molecule has 0 rings (SSSR count). The molecule has 0 aromatic carbocycles. The fraction of sp³-hybridized carbons (Fsp3) is 1.00. The van der Waals surface area contributed by atoms with Crippen molar-refractivity contribution < 1.29 is 42.2 Å². The van der Waals surface area contributed by atoms with Gasteiger partial charge in [0.15, 0.2) is 0 Å². The molecule has 0 bridgehead atoms. The van der Waals surface area contributed by atoms with E-state index in [1.165, 1.54) is 0 Å². The van der Waals surface area contributed by atoms with Crippen LogP contribution in [0.4, 0.5) is 0 Å². The Hall–Kier alpha value is -0.130. The van der Waals surface area contributed by atoms with Gasteiger partial charge in [-0.3, -0.25) is 9.05 Å². The van der Waals surface area contributed by atoms with Crippen LogP contribution in [0.1, 0.15) is 0 Å². The Morgan fingerprint density at radius 1 is 0.708 bits per heavy atom. The molecule has 10 nitrogen and oxygen atoms in total. The number of phosphoric acid groups is 1. The van der Waals surface area contributed by atoms with E-state index in [1.807, 2.05) is 0 Å². The van der Waals surface area contributed by atoms with E-state index in [2.05, 4.69) is 9.05 Å². The summed E-state index contributed by atoms with van der Waals surface area (Å²) in [4.78, 5) is 8.95. The molecule has 0 spiro atoms. The third kappa shape index (κ3) is 18.2. The quantitative estimate of drug-likeness (QED) is 0.231. The zero-order valence-corrected chi connectivity index (χ0v) is 15.1. The van der Waals surface area contributed by atoms with Gasteiger partial charge in [0, 0.05) is 13.7 Å². The average Bonchev–Trinajstić information content (AvgIpc) is 2.57. The van der Waals surface area contributed by atoms with Gasteiger partial charge in [-0.2, -0.15) is 0 Å². The van der Waals surface area contributed by atoms with Gasteiger partial charge >= 0.3 is 7.82 Å². The van der Waals surface area contributed by atoms with Crippen molar-refractivity contribution in [2.75, 3.05) is 86.3 Å². The molecule has 3 N–H and O–H groups in total. The lowest BCUT2D eigenvalue weighted by Gasteiger charge is -2.09. The molecule has 0 aliphatic carbocycles. The Kier molecular flexibility index (Phi) is 17.6. The summed E-state index contributed by atoms with van der Waals surface area (Å²) in [6.07, 6.45) is 0. The molecule has 1 atom stereocenters. The molecule has 11 heteroatoms. The molecule has 1 unspecified atom stereocenters. The van der Waals surface area contributed by atoms with Crippen molar-refractivity contribution in [1.82, 2.24) is 0 Å². The van der Waals surface area contributed by atoms with Gasteiger partial charge in [0.2, 0.25) is 0 Å². The first-order valence-electron chi connectivity index (χ1n) is 7.74. The maximum Gasteiger partial charge on any atom is 0.471 e. The summed E-state index contributed by atoms with van der Waals surface area (Å²) in [6, 6.07) is 0. The minimum Gasteiger partial charge on any atom is -0.378 e. The summed E-state index contributed by atoms with van der Waals surface area (Å²) < 4.78 is 45.9. The van der Waals surface area contributed by atoms with Gasteiger partial charge in [0.1, 0.15) is 0 Å². The van der Waals surface area contributed by atoms with Crippen molar-refractivity contribution >= 4 is 7.82 Å². The van der Waals surface area contributed by atoms with Crippen LogP contribution in [-0.4, -0.2) is 91.2 Å². The maximum atomic E-state index is 10.9. The third-order valence-corrected chi connectivity index (χ3v) is 3.43. The van der Waals surface area contributed by atoms with Crippen molar-refractivity contribution in [2.24, 2.45) is 5.73 Å². The molecular formula is C13H30NO9P. The zero-order valence-electron chi connectivity index (χ0n) is 14.2. The molecule has 0 radical (unpaired) electrons. The fourth-order valence-corrected chi connectivity index (χ4v) is 1.74. The van der Waals surface area contributed by atoms with Crippen LogP contribution in [0.3, 0.4) is 0 Å². The van der Waals surface area contributed by atoms with Gasteiger partial charge in [-0.05, 0) is 0 Å². The second-order valence-corrected chi connectivity index (χ2v) is 5.90. The van der Waals surface area contributed by atoms with Crippen LogP contribution in [0.25, 0.3) is 0 Å². The molecule has 0 aromatic rings. The smallest absolute Gasteiger partial charge is 0.378 e. The van der Waals surface area contributed by atoms with E-state index >= 15 is 0 Å². The van der Waals surface area contributed by atoms with Crippen LogP contribution in [0.15, 0.2) is 0 Å². The van der Waals surface area contributed by atoms with E-state index in [1.54, 1.807) is 0 Å². The summed E-state index contributed by atoms with van der Waals surface area (Å²) in [6.45, 7) is 4.96. The Labute approximate surface area is 143 Å². The second-order valence-electron chi connectivity index (χ2n) is 4.33. The number of rotatable bonds is 19. The van der Waals surface area contributed by atoms with Crippen LogP contribution in [-0.2, 0) is 37.3 Å². The van der Waals surface area contributed by atoms with Gasteiger partial charge in [0.25, 0.3) is 0 Å². The molecule has 146 valence electrons. The molecule has 0 heterocycles. The first kappa shape index (κ1) is 23.9. The summed E-state index contributed by atoms with van der Waals surface area (Å²) in [5, 5.41) is 0. The molecule has 0 saturated carbocycles. The summed E-state index contributed by atoms with van der Waals surface area (Å²) in [7, 11) is -2.81. The molecule has 0 fully saturated rings. The Morgan fingerprint density at radius 2 is 1.04 bits per heavy atom. The Bertz CT molecular complexity index is 309. The van der Waals surface area contributed by atoms with E-state index in [4.69, 9.17) is 34.3 Å². The number of ether oxygens (including phenoxy) is 5. The topological polar surface area (TPSA) is 128 Å². The van der Waals surface area contributed by atoms with Crippen LogP contribution in [0.2, 0.25) is 0 Å². The highest BCUT2D eigenvalue weighted by atomic mass is 31.2. The first-order chi connectivity index (χ1) is 11.6. The summed E-state index contributed by atoms with van der Waals surface area (Å²) in [5.41, 5.74) is 5.28. The van der Waals surface area contributed by atoms with Gasteiger partial charge in [-0.1, -0.05) is 0 Å². The average molecular weight is 375 g/mol. The molecular weight excluding hydrogens is 345 g/mol. The molecule has 0 aliphatic heterocycles. The van der Waals surface area contributed by atoms with E-state index in [0.717, 1.165) is 7.11 Å². The van der Waals surface area contributed by atoms with E-state index in [9.17, 15) is 4.57 Å². The molecule has 0 aliphatic rings. The number of phosphoric ester groups is 1. The fourth-order valence-electron chi connectivity index (χ4n) is 1.33. The third-order valence-electron chi connectivity index (χ3n) is 2.46. The SMILES string of the molecule is COP(=O)(O)OCCOCCOCCOCCOCCOCCN. The Morgan fingerprint density at radius 3 is 1.38 bits per heavy atom. The standard InChI is InChI=1S/C13H30NO9P/c1-17-24(15,16)23-13-12-22-11-10-21-9-8-20-7-6-19-5-4-18-3-2-14/h2-14H2,1H3,(H,15,16). The highest BCUT2D eigenvalue weighted by Gasteiger charge is 2.17. The minimum absolute atomic E-state index is 0.0258. The lowest BCUT2D eigenvalue weighted by Crippen LogP contribution is -2.15. The summed E-state index contributed by atoms with van der Waals surface area (Å²) >= 11 is 0. The summed E-state index contributed by atoms with van der Waals surface area (Å²) in [5.74, 6) is 0. The van der Waals surface area contributed by atoms with Gasteiger partial charge < -0.3 is 34.3 Å². The van der Waals surface area contributed by atoms with Crippen LogP contribution in [0.5, 0.6) is 0 Å². The van der Waals surface area contributed by atoms with Crippen molar-refractivity contribution in [3.8, 4) is 0 Å². The molecule has 0 aromatic heterocycles. The van der Waals surface area contributed by atoms with Crippen molar-refractivity contribution in [3.63, 3.8) is 0 Å². The molecule has 0 saturated heterocycles. The largest absolute Gasteiger partial charge is 0.471 e. The zero-order chi connectivity index (χ0) is 17.9. The lowest BCUT2D eigenvalue weighted by atomic mass is 10.7. The van der Waals surface area contributed by atoms with Crippen LogP contribution >= 0.6 is 7.82 Å². The van der Waals surface area contributed by atoms with Gasteiger partial charge in [0.05, 0.1) is 72.7 Å². The first-order valence-corrected chi connectivity index (χ1v) is 9.24. The molecule has 24 heavy (non-hydrogen) atoms. The van der Waals surface area contributed by atoms with Crippen molar-refractivity contribution in [1.29, 1.82) is 0 Å².